The van der Waals surface area contributed by atoms with Gasteiger partial charge < -0.3 is 10.6 Å². The second-order valence-electron chi connectivity index (χ2n) is 7.35. The van der Waals surface area contributed by atoms with Crippen LogP contribution in [0.1, 0.15) is 36.2 Å². The van der Waals surface area contributed by atoms with Crippen molar-refractivity contribution in [3.63, 3.8) is 0 Å². The molecule has 1 atom stereocenters. The molecule has 0 aliphatic carbocycles. The molecule has 1 fully saturated rings. The number of hydrogen-bond donors (Lipinski definition) is 2. The van der Waals surface area contributed by atoms with Crippen molar-refractivity contribution in [1.29, 1.82) is 0 Å². The molecular weight excluding hydrogens is 358 g/mol. The fourth-order valence-corrected chi connectivity index (χ4v) is 3.79. The third kappa shape index (κ3) is 4.36. The Morgan fingerprint density at radius 2 is 2.14 bits per heavy atom. The monoisotopic (exact) mass is 383 g/mol. The summed E-state index contributed by atoms with van der Waals surface area (Å²) in [6.07, 6.45) is 2.66. The summed E-state index contributed by atoms with van der Waals surface area (Å²) in [7, 11) is 0. The van der Waals surface area contributed by atoms with Crippen LogP contribution in [0.5, 0.6) is 0 Å². The Morgan fingerprint density at radius 3 is 2.96 bits per heavy atom. The number of carbonyl (C=O) groups excluding carboxylic acids is 2. The molecule has 0 spiro atoms. The minimum atomic E-state index is -0.391. The summed E-state index contributed by atoms with van der Waals surface area (Å²) in [6.45, 7) is 3.77. The van der Waals surface area contributed by atoms with Crippen molar-refractivity contribution in [3.05, 3.63) is 41.2 Å². The highest BCUT2D eigenvalue weighted by atomic mass is 16.2. The van der Waals surface area contributed by atoms with E-state index in [1.165, 1.54) is 11.1 Å². The molecular formula is C19H25N7O2. The smallest absolute Gasteiger partial charge is 0.242 e. The van der Waals surface area contributed by atoms with E-state index in [0.29, 0.717) is 38.9 Å². The number of rotatable bonds is 7. The summed E-state index contributed by atoms with van der Waals surface area (Å²) in [6, 6.07) is 8.14. The predicted octanol–water partition coefficient (Wildman–Crippen LogP) is 0.0163. The van der Waals surface area contributed by atoms with Crippen LogP contribution in [-0.2, 0) is 35.6 Å². The minimum Gasteiger partial charge on any atom is -0.354 e. The van der Waals surface area contributed by atoms with Gasteiger partial charge in [-0.1, -0.05) is 24.3 Å². The molecule has 3 heterocycles. The van der Waals surface area contributed by atoms with Crippen LogP contribution in [0.3, 0.4) is 0 Å². The zero-order chi connectivity index (χ0) is 19.3. The molecule has 4 rings (SSSR count). The Morgan fingerprint density at radius 1 is 1.29 bits per heavy atom. The Kier molecular flexibility index (Phi) is 5.61. The number of nitrogens with one attached hydrogen (secondary N) is 2. The molecule has 2 aliphatic heterocycles. The normalized spacial score (nSPS) is 19.3. The van der Waals surface area contributed by atoms with E-state index in [-0.39, 0.29) is 11.8 Å². The van der Waals surface area contributed by atoms with E-state index in [2.05, 4.69) is 55.3 Å². The molecule has 0 bridgehead atoms. The van der Waals surface area contributed by atoms with Crippen LogP contribution in [0.25, 0.3) is 0 Å². The van der Waals surface area contributed by atoms with Crippen molar-refractivity contribution in [1.82, 2.24) is 35.7 Å². The molecule has 9 nitrogen and oxygen atoms in total. The van der Waals surface area contributed by atoms with E-state index < -0.39 is 6.04 Å². The maximum absolute atomic E-state index is 12.0. The summed E-state index contributed by atoms with van der Waals surface area (Å²) < 4.78 is 1.77. The molecule has 2 aliphatic rings. The second-order valence-corrected chi connectivity index (χ2v) is 7.35. The summed E-state index contributed by atoms with van der Waals surface area (Å²) >= 11 is 0. The number of nitrogens with zero attached hydrogens (tertiary/aromatic N) is 5. The molecule has 1 aromatic heterocycles. The van der Waals surface area contributed by atoms with Gasteiger partial charge in [-0.15, -0.1) is 5.10 Å². The van der Waals surface area contributed by atoms with E-state index in [0.717, 1.165) is 25.3 Å². The first-order valence-corrected chi connectivity index (χ1v) is 9.80. The van der Waals surface area contributed by atoms with Gasteiger partial charge in [-0.3, -0.25) is 14.5 Å². The zero-order valence-electron chi connectivity index (χ0n) is 15.8. The number of carbonyl (C=O) groups is 2. The largest absolute Gasteiger partial charge is 0.354 e. The van der Waals surface area contributed by atoms with Crippen LogP contribution in [0.15, 0.2) is 24.3 Å². The number of aromatic nitrogens is 4. The van der Waals surface area contributed by atoms with Gasteiger partial charge in [0.15, 0.2) is 5.82 Å². The van der Waals surface area contributed by atoms with E-state index >= 15 is 0 Å². The van der Waals surface area contributed by atoms with Crippen LogP contribution in [0.2, 0.25) is 0 Å². The quantitative estimate of drug-likeness (QED) is 0.698. The van der Waals surface area contributed by atoms with Gasteiger partial charge in [-0.2, -0.15) is 0 Å². The van der Waals surface area contributed by atoms with E-state index in [9.17, 15) is 9.59 Å². The van der Waals surface area contributed by atoms with Gasteiger partial charge in [0, 0.05) is 32.6 Å². The predicted molar refractivity (Wildman–Crippen MR) is 101 cm³/mol. The Bertz CT molecular complexity index is 850. The molecule has 2 amide bonds. The molecule has 0 saturated carbocycles. The lowest BCUT2D eigenvalue weighted by Crippen LogP contribution is -2.40. The molecule has 0 unspecified atom stereocenters. The van der Waals surface area contributed by atoms with Crippen molar-refractivity contribution in [2.45, 2.75) is 51.4 Å². The molecule has 0 radical (unpaired) electrons. The number of amides is 2. The molecule has 9 heteroatoms. The van der Waals surface area contributed by atoms with Gasteiger partial charge in [0.05, 0.1) is 6.54 Å². The average Bonchev–Trinajstić information content (AvgIpc) is 3.31. The number of aryl methyl sites for hydroxylation is 1. The van der Waals surface area contributed by atoms with E-state index in [4.69, 9.17) is 0 Å². The summed E-state index contributed by atoms with van der Waals surface area (Å²) in [4.78, 5) is 25.9. The average molecular weight is 383 g/mol. The molecule has 148 valence electrons. The molecule has 1 saturated heterocycles. The van der Waals surface area contributed by atoms with Crippen LogP contribution < -0.4 is 10.6 Å². The Hall–Kier alpha value is -2.81. The number of benzene rings is 1. The van der Waals surface area contributed by atoms with Gasteiger partial charge in [0.1, 0.15) is 6.04 Å². The fraction of sp³-hybridized carbons (Fsp3) is 0.526. The molecule has 28 heavy (non-hydrogen) atoms. The van der Waals surface area contributed by atoms with Gasteiger partial charge in [-0.25, -0.2) is 4.68 Å². The number of tetrazole rings is 1. The maximum Gasteiger partial charge on any atom is 0.242 e. The van der Waals surface area contributed by atoms with Gasteiger partial charge in [0.25, 0.3) is 0 Å². The zero-order valence-corrected chi connectivity index (χ0v) is 15.8. The topological polar surface area (TPSA) is 105 Å². The van der Waals surface area contributed by atoms with Crippen molar-refractivity contribution in [3.8, 4) is 0 Å². The summed E-state index contributed by atoms with van der Waals surface area (Å²) in [5.41, 5.74) is 2.78. The molecule has 2 aromatic rings. The summed E-state index contributed by atoms with van der Waals surface area (Å²) in [5.74, 6) is 0.610. The van der Waals surface area contributed by atoms with Gasteiger partial charge in [0.2, 0.25) is 11.8 Å². The fourth-order valence-electron chi connectivity index (χ4n) is 3.79. The molecule has 2 N–H and O–H groups in total. The summed E-state index contributed by atoms with van der Waals surface area (Å²) in [5, 5.41) is 17.5. The lowest BCUT2D eigenvalue weighted by Gasteiger charge is -2.28. The van der Waals surface area contributed by atoms with Gasteiger partial charge in [-0.05, 0) is 40.8 Å². The SMILES string of the molecule is O=C(CCCn1nnnc1CN1CCc2ccccc2C1)N[C@@H]1CCNC1=O. The lowest BCUT2D eigenvalue weighted by atomic mass is 10.00. The van der Waals surface area contributed by atoms with Gasteiger partial charge >= 0.3 is 0 Å². The Labute approximate surface area is 163 Å². The van der Waals surface area contributed by atoms with Crippen molar-refractivity contribution < 1.29 is 9.59 Å². The maximum atomic E-state index is 12.0. The van der Waals surface area contributed by atoms with Crippen LogP contribution in [-0.4, -0.2) is 56.1 Å². The highest BCUT2D eigenvalue weighted by molar-refractivity contribution is 5.88. The van der Waals surface area contributed by atoms with Crippen LogP contribution in [0.4, 0.5) is 0 Å². The Balaban J connectivity index is 1.25. The second kappa shape index (κ2) is 8.47. The van der Waals surface area contributed by atoms with E-state index in [1.54, 1.807) is 4.68 Å². The third-order valence-corrected chi connectivity index (χ3v) is 5.34. The third-order valence-electron chi connectivity index (χ3n) is 5.34. The highest BCUT2D eigenvalue weighted by Crippen LogP contribution is 2.19. The highest BCUT2D eigenvalue weighted by Gasteiger charge is 2.25. The lowest BCUT2D eigenvalue weighted by molar-refractivity contribution is -0.127. The molecule has 1 aromatic carbocycles. The number of hydrogen-bond acceptors (Lipinski definition) is 6. The minimum absolute atomic E-state index is 0.0979. The van der Waals surface area contributed by atoms with Crippen LogP contribution >= 0.6 is 0 Å². The first-order chi connectivity index (χ1) is 13.7. The van der Waals surface area contributed by atoms with E-state index in [1.807, 2.05) is 0 Å². The van der Waals surface area contributed by atoms with Crippen molar-refractivity contribution >= 4 is 11.8 Å². The first-order valence-electron chi connectivity index (χ1n) is 9.80. The standard InChI is InChI=1S/C19H25N7O2/c27-18(21-16-7-9-20-19(16)28)6-3-10-26-17(22-23-24-26)13-25-11-8-14-4-1-2-5-15(14)12-25/h1-2,4-5,16H,3,6-13H2,(H,20,28)(H,21,27)/t16-/m1/s1. The number of fused-ring (bicyclic) bond motifs is 1. The van der Waals surface area contributed by atoms with Crippen LogP contribution in [0, 0.1) is 0 Å². The van der Waals surface area contributed by atoms with Crippen molar-refractivity contribution in [2.75, 3.05) is 13.1 Å². The van der Waals surface area contributed by atoms with Crippen molar-refractivity contribution in [2.24, 2.45) is 0 Å². The first kappa shape index (κ1) is 18.5.